The van der Waals surface area contributed by atoms with Crippen molar-refractivity contribution in [1.29, 1.82) is 5.26 Å². The van der Waals surface area contributed by atoms with Gasteiger partial charge in [-0.1, -0.05) is 44.9 Å². The van der Waals surface area contributed by atoms with E-state index in [2.05, 4.69) is 30.1 Å². The number of hydrogen-bond acceptors (Lipinski definition) is 3. The maximum Gasteiger partial charge on any atom is 0.264 e. The third-order valence-corrected chi connectivity index (χ3v) is 6.57. The van der Waals surface area contributed by atoms with Gasteiger partial charge in [-0.05, 0) is 42.0 Å². The maximum absolute atomic E-state index is 15.4. The number of nitriles is 1. The molecule has 0 atom stereocenters. The van der Waals surface area contributed by atoms with E-state index in [0.29, 0.717) is 18.3 Å². The van der Waals surface area contributed by atoms with Gasteiger partial charge in [-0.15, -0.1) is 0 Å². The minimum Gasteiger partial charge on any atom is -0.347 e. The van der Waals surface area contributed by atoms with Crippen molar-refractivity contribution < 1.29 is 13.2 Å². The Balaban J connectivity index is 1.87. The summed E-state index contributed by atoms with van der Waals surface area (Å²) in [5.41, 5.74) is 1.41. The molecule has 1 heterocycles. The third-order valence-electron chi connectivity index (χ3n) is 5.46. The fourth-order valence-electron chi connectivity index (χ4n) is 3.93. The summed E-state index contributed by atoms with van der Waals surface area (Å²) < 4.78 is 48.3. The van der Waals surface area contributed by atoms with E-state index in [4.69, 9.17) is 0 Å². The van der Waals surface area contributed by atoms with Crippen molar-refractivity contribution in [1.82, 2.24) is 9.29 Å². The Bertz CT molecular complexity index is 1180. The Morgan fingerprint density at radius 1 is 1.25 bits per heavy atom. The predicted octanol–water partition coefficient (Wildman–Crippen LogP) is 7.20. The highest BCUT2D eigenvalue weighted by atomic mass is 32.2. The van der Waals surface area contributed by atoms with Crippen LogP contribution in [0.1, 0.15) is 56.7 Å². The van der Waals surface area contributed by atoms with E-state index in [-0.39, 0.29) is 27.7 Å². The number of hydrogen-bond donors (Lipinski definition) is 1. The predicted molar refractivity (Wildman–Crippen MR) is 124 cm³/mol. The molecule has 3 nitrogen and oxygen atoms in total. The summed E-state index contributed by atoms with van der Waals surface area (Å²) in [4.78, 5) is 0. The van der Waals surface area contributed by atoms with Crippen LogP contribution in [0, 0.1) is 22.6 Å². The van der Waals surface area contributed by atoms with E-state index in [1.165, 1.54) is 37.1 Å². The Morgan fingerprint density at radius 3 is 2.62 bits per heavy atom. The van der Waals surface area contributed by atoms with Gasteiger partial charge >= 0.3 is 0 Å². The molecule has 168 valence electrons. The fourth-order valence-corrected chi connectivity index (χ4v) is 4.77. The largest absolute Gasteiger partial charge is 0.347 e. The molecule has 1 saturated carbocycles. The summed E-state index contributed by atoms with van der Waals surface area (Å²) in [5.74, 6) is -0.605. The number of nitrogens with one attached hydrogen (secondary N) is 1. The molecule has 3 aromatic rings. The van der Waals surface area contributed by atoms with Gasteiger partial charge in [0.2, 0.25) is 0 Å². The molecule has 0 amide bonds. The van der Waals surface area contributed by atoms with Gasteiger partial charge in [0.15, 0.2) is 0 Å². The zero-order valence-electron chi connectivity index (χ0n) is 18.4. The minimum atomic E-state index is -2.81. The Morgan fingerprint density at radius 2 is 2.00 bits per heavy atom. The Hall–Kier alpha value is -2.43. The van der Waals surface area contributed by atoms with Crippen LogP contribution in [0.2, 0.25) is 0 Å². The highest BCUT2D eigenvalue weighted by Crippen LogP contribution is 2.39. The number of nitrogens with zero attached hydrogens (tertiary/aromatic N) is 2. The van der Waals surface area contributed by atoms with Crippen LogP contribution in [0.5, 0.6) is 0 Å². The fraction of sp³-hybridized carbons (Fsp3) is 0.400. The van der Waals surface area contributed by atoms with E-state index in [1.807, 2.05) is 12.3 Å². The van der Waals surface area contributed by atoms with E-state index < -0.39 is 12.2 Å². The monoisotopic (exact) mass is 457 g/mol. The van der Waals surface area contributed by atoms with Crippen LogP contribution in [0.3, 0.4) is 0 Å². The first-order chi connectivity index (χ1) is 15.2. The number of benzene rings is 2. The van der Waals surface area contributed by atoms with Gasteiger partial charge in [0.05, 0.1) is 11.6 Å². The third kappa shape index (κ3) is 4.82. The summed E-state index contributed by atoms with van der Waals surface area (Å²) in [6.07, 6.45) is 1.64. The van der Waals surface area contributed by atoms with Crippen molar-refractivity contribution in [3.05, 3.63) is 59.0 Å². The quantitative estimate of drug-likeness (QED) is 0.381. The lowest BCUT2D eigenvalue weighted by Crippen LogP contribution is -2.14. The molecule has 0 radical (unpaired) electrons. The number of rotatable bonds is 7. The van der Waals surface area contributed by atoms with Crippen LogP contribution < -0.4 is 4.72 Å². The van der Waals surface area contributed by atoms with Gasteiger partial charge < -0.3 is 4.57 Å². The van der Waals surface area contributed by atoms with Crippen LogP contribution in [-0.2, 0) is 13.1 Å². The van der Waals surface area contributed by atoms with Crippen LogP contribution in [-0.4, -0.2) is 9.82 Å². The van der Waals surface area contributed by atoms with E-state index in [1.54, 1.807) is 18.0 Å². The lowest BCUT2D eigenvalue weighted by atomic mass is 9.93. The molecule has 1 aromatic heterocycles. The molecule has 1 aliphatic carbocycles. The first kappa shape index (κ1) is 22.8. The second-order valence-electron chi connectivity index (χ2n) is 9.51. The molecule has 7 heteroatoms. The first-order valence-corrected chi connectivity index (χ1v) is 11.6. The minimum absolute atomic E-state index is 0.0307. The Kier molecular flexibility index (Phi) is 6.28. The topological polar surface area (TPSA) is 40.8 Å². The zero-order chi connectivity index (χ0) is 23.0. The van der Waals surface area contributed by atoms with Gasteiger partial charge in [0, 0.05) is 52.1 Å². The van der Waals surface area contributed by atoms with E-state index >= 15 is 4.39 Å². The SMILES string of the molecule is CC(C)(C)Cn1cc(CNSC2CC2)c2cc(F)c(-c3c(C#N)cccc3C(F)F)cc21. The molecule has 32 heavy (non-hydrogen) atoms. The second-order valence-corrected chi connectivity index (χ2v) is 10.7. The molecule has 0 bridgehead atoms. The van der Waals surface area contributed by atoms with Crippen molar-refractivity contribution in [3.8, 4) is 17.2 Å². The molecular weight excluding hydrogens is 431 g/mol. The lowest BCUT2D eigenvalue weighted by molar-refractivity contribution is 0.152. The molecule has 0 saturated heterocycles. The first-order valence-electron chi connectivity index (χ1n) is 10.7. The van der Waals surface area contributed by atoms with Gasteiger partial charge in [0.25, 0.3) is 6.43 Å². The molecule has 4 rings (SSSR count). The molecule has 1 aliphatic rings. The van der Waals surface area contributed by atoms with Gasteiger partial charge in [-0.25, -0.2) is 13.2 Å². The number of halogens is 3. The van der Waals surface area contributed by atoms with Crippen molar-refractivity contribution in [2.24, 2.45) is 5.41 Å². The van der Waals surface area contributed by atoms with Crippen LogP contribution >= 0.6 is 11.9 Å². The zero-order valence-corrected chi connectivity index (χ0v) is 19.2. The molecular formula is C25H26F3N3S. The standard InChI is InChI=1S/C25H26F3N3S/c1-25(2,3)14-31-13-16(12-30-32-17-7-8-17)19-9-21(26)20(10-22(19)31)23-15(11-29)5-4-6-18(23)24(27)28/h4-6,9-10,13,17,24,30H,7-8,12,14H2,1-3H3. The van der Waals surface area contributed by atoms with Crippen LogP contribution in [0.25, 0.3) is 22.0 Å². The molecule has 0 unspecified atom stereocenters. The van der Waals surface area contributed by atoms with Gasteiger partial charge in [-0.2, -0.15) is 5.26 Å². The van der Waals surface area contributed by atoms with Crippen LogP contribution in [0.15, 0.2) is 36.5 Å². The van der Waals surface area contributed by atoms with E-state index in [0.717, 1.165) is 16.5 Å². The average molecular weight is 458 g/mol. The van der Waals surface area contributed by atoms with E-state index in [9.17, 15) is 14.0 Å². The lowest BCUT2D eigenvalue weighted by Gasteiger charge is -2.20. The number of aromatic nitrogens is 1. The summed E-state index contributed by atoms with van der Waals surface area (Å²) in [6.45, 7) is 7.62. The van der Waals surface area contributed by atoms with Crippen molar-refractivity contribution >= 4 is 22.9 Å². The molecule has 2 aromatic carbocycles. The molecule has 1 N–H and O–H groups in total. The summed E-state index contributed by atoms with van der Waals surface area (Å²) in [7, 11) is 0. The van der Waals surface area contributed by atoms with Crippen LogP contribution in [0.4, 0.5) is 13.2 Å². The summed E-state index contributed by atoms with van der Waals surface area (Å²) >= 11 is 1.71. The van der Waals surface area contributed by atoms with Crippen molar-refractivity contribution in [2.45, 2.75) is 58.4 Å². The highest BCUT2D eigenvalue weighted by Gasteiger charge is 2.24. The Labute approximate surface area is 190 Å². The smallest absolute Gasteiger partial charge is 0.264 e. The average Bonchev–Trinajstić information content (AvgIpc) is 3.49. The summed E-state index contributed by atoms with van der Waals surface area (Å²) in [6, 6.07) is 9.10. The normalized spacial score (nSPS) is 14.3. The van der Waals surface area contributed by atoms with Gasteiger partial charge in [-0.3, -0.25) is 4.72 Å². The number of alkyl halides is 2. The van der Waals surface area contributed by atoms with Crippen molar-refractivity contribution in [2.75, 3.05) is 0 Å². The molecule has 0 aliphatic heterocycles. The highest BCUT2D eigenvalue weighted by molar-refractivity contribution is 7.98. The second kappa shape index (κ2) is 8.84. The maximum atomic E-state index is 15.4. The van der Waals surface area contributed by atoms with Gasteiger partial charge in [0.1, 0.15) is 5.82 Å². The summed E-state index contributed by atoms with van der Waals surface area (Å²) in [5, 5.41) is 10.9. The molecule has 0 spiro atoms. The number of fused-ring (bicyclic) bond motifs is 1. The molecule has 1 fully saturated rings. The van der Waals surface area contributed by atoms with Crippen molar-refractivity contribution in [3.63, 3.8) is 0 Å².